The van der Waals surface area contributed by atoms with E-state index in [9.17, 15) is 5.26 Å². The van der Waals surface area contributed by atoms with Crippen LogP contribution in [0.5, 0.6) is 0 Å². The van der Waals surface area contributed by atoms with E-state index in [1.807, 2.05) is 42.1 Å². The lowest BCUT2D eigenvalue weighted by atomic mass is 10.1. The summed E-state index contributed by atoms with van der Waals surface area (Å²) in [6.07, 6.45) is 1.11. The van der Waals surface area contributed by atoms with Crippen molar-refractivity contribution in [1.29, 1.82) is 5.26 Å². The molecule has 21 heavy (non-hydrogen) atoms. The van der Waals surface area contributed by atoms with Crippen LogP contribution in [0.4, 0.5) is 5.82 Å². The van der Waals surface area contributed by atoms with Gasteiger partial charge in [0.15, 0.2) is 0 Å². The Bertz CT molecular complexity index is 703. The largest absolute Gasteiger partial charge is 0.355 e. The smallest absolute Gasteiger partial charge is 0.147 e. The van der Waals surface area contributed by atoms with Crippen molar-refractivity contribution >= 4 is 28.5 Å². The molecule has 0 unspecified atom stereocenters. The Labute approximate surface area is 130 Å². The summed E-state index contributed by atoms with van der Waals surface area (Å²) in [5, 5.41) is 10.5. The highest BCUT2D eigenvalue weighted by Crippen LogP contribution is 2.33. The summed E-state index contributed by atoms with van der Waals surface area (Å²) in [6, 6.07) is 12.3. The van der Waals surface area contributed by atoms with Crippen LogP contribution in [-0.2, 0) is 0 Å². The van der Waals surface area contributed by atoms with Gasteiger partial charge in [0.1, 0.15) is 11.9 Å². The van der Waals surface area contributed by atoms with Gasteiger partial charge in [0.2, 0.25) is 0 Å². The SMILES string of the molecule is CC1(C)CCN(c2nc3ccccc3cc2C#N)CCS1. The number of pyridine rings is 1. The molecule has 0 aliphatic carbocycles. The van der Waals surface area contributed by atoms with Gasteiger partial charge in [0.25, 0.3) is 0 Å². The van der Waals surface area contributed by atoms with Crippen molar-refractivity contribution in [3.63, 3.8) is 0 Å². The first-order valence-corrected chi connectivity index (χ1v) is 8.26. The number of rotatable bonds is 1. The van der Waals surface area contributed by atoms with Crippen LogP contribution in [0.1, 0.15) is 25.8 Å². The third-order valence-electron chi connectivity index (χ3n) is 3.96. The lowest BCUT2D eigenvalue weighted by Gasteiger charge is -2.24. The molecular formula is C17H19N3S. The Morgan fingerprint density at radius 2 is 2.10 bits per heavy atom. The summed E-state index contributed by atoms with van der Waals surface area (Å²) < 4.78 is 0.304. The molecule has 0 radical (unpaired) electrons. The van der Waals surface area contributed by atoms with Crippen molar-refractivity contribution in [2.75, 3.05) is 23.7 Å². The monoisotopic (exact) mass is 297 g/mol. The average Bonchev–Trinajstić information content (AvgIpc) is 2.66. The predicted molar refractivity (Wildman–Crippen MR) is 89.8 cm³/mol. The topological polar surface area (TPSA) is 39.9 Å². The molecule has 2 aromatic rings. The van der Waals surface area contributed by atoms with Gasteiger partial charge in [0.05, 0.1) is 11.1 Å². The van der Waals surface area contributed by atoms with Crippen molar-refractivity contribution in [2.45, 2.75) is 25.0 Å². The fraction of sp³-hybridized carbons (Fsp3) is 0.412. The Morgan fingerprint density at radius 3 is 2.90 bits per heavy atom. The minimum atomic E-state index is 0.304. The van der Waals surface area contributed by atoms with E-state index in [0.29, 0.717) is 10.3 Å². The van der Waals surface area contributed by atoms with Crippen LogP contribution >= 0.6 is 11.8 Å². The highest BCUT2D eigenvalue weighted by atomic mass is 32.2. The second-order valence-corrected chi connectivity index (χ2v) is 7.81. The molecule has 1 fully saturated rings. The van der Waals surface area contributed by atoms with Gasteiger partial charge in [-0.1, -0.05) is 32.0 Å². The van der Waals surface area contributed by atoms with Crippen LogP contribution in [0.25, 0.3) is 10.9 Å². The fourth-order valence-corrected chi connectivity index (χ4v) is 3.76. The Kier molecular flexibility index (Phi) is 3.77. The molecule has 0 atom stereocenters. The Morgan fingerprint density at radius 1 is 1.29 bits per heavy atom. The third kappa shape index (κ3) is 2.98. The van der Waals surface area contributed by atoms with E-state index in [1.54, 1.807) is 0 Å². The number of nitriles is 1. The quantitative estimate of drug-likeness (QED) is 0.802. The predicted octanol–water partition coefficient (Wildman–Crippen LogP) is 3.83. The molecule has 3 rings (SSSR count). The third-order valence-corrected chi connectivity index (χ3v) is 5.33. The number of anilines is 1. The van der Waals surface area contributed by atoms with Crippen LogP contribution in [0.3, 0.4) is 0 Å². The first-order chi connectivity index (χ1) is 10.1. The van der Waals surface area contributed by atoms with Crippen molar-refractivity contribution in [1.82, 2.24) is 4.98 Å². The van der Waals surface area contributed by atoms with Crippen LogP contribution < -0.4 is 4.90 Å². The average molecular weight is 297 g/mol. The summed E-state index contributed by atoms with van der Waals surface area (Å²) in [6.45, 7) is 6.49. The van der Waals surface area contributed by atoms with E-state index >= 15 is 0 Å². The number of hydrogen-bond acceptors (Lipinski definition) is 4. The van der Waals surface area contributed by atoms with Crippen molar-refractivity contribution in [2.24, 2.45) is 0 Å². The molecule has 1 saturated heterocycles. The van der Waals surface area contributed by atoms with Crippen LogP contribution in [-0.4, -0.2) is 28.6 Å². The van der Waals surface area contributed by atoms with Crippen molar-refractivity contribution in [3.05, 3.63) is 35.9 Å². The van der Waals surface area contributed by atoms with Gasteiger partial charge in [-0.05, 0) is 18.6 Å². The number of nitrogens with zero attached hydrogens (tertiary/aromatic N) is 3. The second-order valence-electron chi connectivity index (χ2n) is 6.01. The van der Waals surface area contributed by atoms with Gasteiger partial charge >= 0.3 is 0 Å². The summed E-state index contributed by atoms with van der Waals surface area (Å²) >= 11 is 2.00. The Balaban J connectivity index is 2.01. The minimum absolute atomic E-state index is 0.304. The van der Waals surface area contributed by atoms with Gasteiger partial charge in [-0.3, -0.25) is 0 Å². The molecule has 3 nitrogen and oxygen atoms in total. The van der Waals surface area contributed by atoms with Gasteiger partial charge < -0.3 is 4.90 Å². The molecular weight excluding hydrogens is 278 g/mol. The summed E-state index contributed by atoms with van der Waals surface area (Å²) in [5.74, 6) is 1.92. The zero-order chi connectivity index (χ0) is 14.9. The van der Waals surface area contributed by atoms with Crippen molar-refractivity contribution in [3.8, 4) is 6.07 Å². The molecule has 0 spiro atoms. The number of benzene rings is 1. The summed E-state index contributed by atoms with van der Waals surface area (Å²) in [7, 11) is 0. The lowest BCUT2D eigenvalue weighted by molar-refractivity contribution is 0.635. The van der Waals surface area contributed by atoms with E-state index in [4.69, 9.17) is 4.98 Å². The van der Waals surface area contributed by atoms with Gasteiger partial charge in [0, 0.05) is 29.0 Å². The molecule has 0 bridgehead atoms. The van der Waals surface area contributed by atoms with Crippen LogP contribution in [0.2, 0.25) is 0 Å². The fourth-order valence-electron chi connectivity index (χ4n) is 2.66. The van der Waals surface area contributed by atoms with E-state index in [2.05, 4.69) is 24.8 Å². The highest BCUT2D eigenvalue weighted by molar-refractivity contribution is 8.00. The molecule has 2 heterocycles. The standard InChI is InChI=1S/C17H19N3S/c1-17(2)7-8-20(9-10-21-17)16-14(12-18)11-13-5-3-4-6-15(13)19-16/h3-6,11H,7-10H2,1-2H3. The molecule has 0 amide bonds. The molecule has 0 N–H and O–H groups in total. The number of aromatic nitrogens is 1. The van der Waals surface area contributed by atoms with E-state index in [0.717, 1.165) is 42.0 Å². The summed E-state index contributed by atoms with van der Waals surface area (Å²) in [5.41, 5.74) is 1.64. The van der Waals surface area contributed by atoms with E-state index in [1.165, 1.54) is 0 Å². The van der Waals surface area contributed by atoms with Crippen LogP contribution in [0, 0.1) is 11.3 Å². The molecule has 0 saturated carbocycles. The molecule has 1 aromatic heterocycles. The second kappa shape index (κ2) is 5.57. The Hall–Kier alpha value is -1.73. The number of para-hydroxylation sites is 1. The summed E-state index contributed by atoms with van der Waals surface area (Å²) in [4.78, 5) is 7.02. The number of hydrogen-bond donors (Lipinski definition) is 0. The molecule has 108 valence electrons. The zero-order valence-electron chi connectivity index (χ0n) is 12.5. The minimum Gasteiger partial charge on any atom is -0.355 e. The maximum atomic E-state index is 9.46. The van der Waals surface area contributed by atoms with Crippen LogP contribution in [0.15, 0.2) is 30.3 Å². The molecule has 4 heteroatoms. The zero-order valence-corrected chi connectivity index (χ0v) is 13.3. The maximum Gasteiger partial charge on any atom is 0.147 e. The van der Waals surface area contributed by atoms with E-state index in [-0.39, 0.29) is 0 Å². The van der Waals surface area contributed by atoms with Crippen molar-refractivity contribution < 1.29 is 0 Å². The van der Waals surface area contributed by atoms with Gasteiger partial charge in [-0.2, -0.15) is 17.0 Å². The number of thioether (sulfide) groups is 1. The first kappa shape index (κ1) is 14.2. The molecule has 1 aliphatic heterocycles. The molecule has 1 aromatic carbocycles. The maximum absolute atomic E-state index is 9.46. The highest BCUT2D eigenvalue weighted by Gasteiger charge is 2.25. The molecule has 1 aliphatic rings. The van der Waals surface area contributed by atoms with Gasteiger partial charge in [-0.25, -0.2) is 4.98 Å². The van der Waals surface area contributed by atoms with E-state index < -0.39 is 0 Å². The first-order valence-electron chi connectivity index (χ1n) is 7.28. The normalized spacial score (nSPS) is 18.2. The number of fused-ring (bicyclic) bond motifs is 1. The lowest BCUT2D eigenvalue weighted by Crippen LogP contribution is -2.28. The van der Waals surface area contributed by atoms with Gasteiger partial charge in [-0.15, -0.1) is 0 Å².